The maximum atomic E-state index is 13.3. The topological polar surface area (TPSA) is 131 Å². The average molecular weight is 589 g/mol. The molecule has 1 saturated heterocycles. The number of nitrogens with zero attached hydrogens (tertiary/aromatic N) is 6. The van der Waals surface area contributed by atoms with Crippen LogP contribution in [0.4, 0.5) is 22.7 Å². The van der Waals surface area contributed by atoms with Crippen molar-refractivity contribution >= 4 is 57.0 Å². The van der Waals surface area contributed by atoms with E-state index in [1.54, 1.807) is 10.9 Å². The lowest BCUT2D eigenvalue weighted by Gasteiger charge is -2.30. The van der Waals surface area contributed by atoms with E-state index in [0.717, 1.165) is 30.0 Å². The highest BCUT2D eigenvalue weighted by Crippen LogP contribution is 2.27. The third-order valence-corrected chi connectivity index (χ3v) is 7.40. The first-order valence-corrected chi connectivity index (χ1v) is 14.1. The average Bonchev–Trinajstić information content (AvgIpc) is 3.41. The molecule has 5 rings (SSSR count). The van der Waals surface area contributed by atoms with Crippen LogP contribution in [0.1, 0.15) is 29.8 Å². The zero-order valence-corrected chi connectivity index (χ0v) is 24.5. The van der Waals surface area contributed by atoms with Crippen molar-refractivity contribution in [2.75, 3.05) is 54.5 Å². The van der Waals surface area contributed by atoms with E-state index in [9.17, 15) is 14.9 Å². The van der Waals surface area contributed by atoms with Crippen LogP contribution in [0.5, 0.6) is 0 Å². The highest BCUT2D eigenvalue weighted by molar-refractivity contribution is 7.80. The molecule has 1 aliphatic rings. The van der Waals surface area contributed by atoms with Gasteiger partial charge in [0.05, 0.1) is 35.1 Å². The van der Waals surface area contributed by atoms with Crippen LogP contribution in [-0.4, -0.2) is 70.3 Å². The summed E-state index contributed by atoms with van der Waals surface area (Å²) in [4.78, 5) is 30.0. The lowest BCUT2D eigenvalue weighted by Crippen LogP contribution is -2.39. The van der Waals surface area contributed by atoms with Crippen molar-refractivity contribution in [1.29, 1.82) is 0 Å². The monoisotopic (exact) mass is 588 g/mol. The van der Waals surface area contributed by atoms with Crippen LogP contribution in [-0.2, 0) is 4.74 Å². The minimum atomic E-state index is -0.546. The SMILES string of the molecule is CCN(CC)c1ccc(-n2nc3cc(C)c(NC(=S)NC(=O)c4cc([N+](=O)[O-])ccc4N4CCOCC4)cc3n2)cc1. The number of hydrogen-bond donors (Lipinski definition) is 2. The first-order valence-electron chi connectivity index (χ1n) is 13.7. The number of thiocarbonyl (C=S) groups is 1. The van der Waals surface area contributed by atoms with Gasteiger partial charge in [-0.3, -0.25) is 20.2 Å². The highest BCUT2D eigenvalue weighted by Gasteiger charge is 2.23. The molecular weight excluding hydrogens is 556 g/mol. The molecule has 1 aromatic heterocycles. The van der Waals surface area contributed by atoms with Crippen LogP contribution >= 0.6 is 12.2 Å². The maximum absolute atomic E-state index is 13.3. The normalized spacial score (nSPS) is 13.2. The molecule has 3 aromatic carbocycles. The van der Waals surface area contributed by atoms with Crippen molar-refractivity contribution in [3.8, 4) is 5.69 Å². The van der Waals surface area contributed by atoms with E-state index < -0.39 is 10.8 Å². The molecule has 0 atom stereocenters. The number of carbonyl (C=O) groups is 1. The van der Waals surface area contributed by atoms with Crippen molar-refractivity contribution in [1.82, 2.24) is 20.3 Å². The first-order chi connectivity index (χ1) is 20.3. The summed E-state index contributed by atoms with van der Waals surface area (Å²) in [6, 6.07) is 16.1. The molecule has 1 aliphatic heterocycles. The highest BCUT2D eigenvalue weighted by atomic mass is 32.1. The molecular formula is C29H32N8O4S. The zero-order chi connectivity index (χ0) is 29.8. The summed E-state index contributed by atoms with van der Waals surface area (Å²) in [5, 5.41) is 26.5. The van der Waals surface area contributed by atoms with Crippen LogP contribution < -0.4 is 20.4 Å². The van der Waals surface area contributed by atoms with Crippen LogP contribution in [0.15, 0.2) is 54.6 Å². The van der Waals surface area contributed by atoms with Gasteiger partial charge in [0.25, 0.3) is 11.6 Å². The van der Waals surface area contributed by atoms with E-state index in [4.69, 9.17) is 17.0 Å². The minimum Gasteiger partial charge on any atom is -0.378 e. The fourth-order valence-corrected chi connectivity index (χ4v) is 5.13. The molecule has 0 aliphatic carbocycles. The fourth-order valence-electron chi connectivity index (χ4n) is 4.93. The number of fused-ring (bicyclic) bond motifs is 1. The third-order valence-electron chi connectivity index (χ3n) is 7.20. The zero-order valence-electron chi connectivity index (χ0n) is 23.7. The molecule has 218 valence electrons. The second-order valence-corrected chi connectivity index (χ2v) is 10.2. The number of carbonyl (C=O) groups excluding carboxylic acids is 1. The Labute approximate surface area is 248 Å². The van der Waals surface area contributed by atoms with Crippen molar-refractivity contribution < 1.29 is 14.5 Å². The van der Waals surface area contributed by atoms with E-state index in [0.29, 0.717) is 48.7 Å². The standard InChI is InChI=1S/C29H32N8O4S/c1-4-34(5-2)20-6-8-21(9-7-20)36-32-25-16-19(3)24(18-26(25)33-36)30-29(42)31-28(38)23-17-22(37(39)40)10-11-27(23)35-12-14-41-15-13-35/h6-11,16-18H,4-5,12-15H2,1-3H3,(H2,30,31,38,42). The smallest absolute Gasteiger partial charge is 0.270 e. The molecule has 2 heterocycles. The van der Waals surface area contributed by atoms with Gasteiger partial charge in [0.2, 0.25) is 0 Å². The molecule has 0 unspecified atom stereocenters. The number of amides is 1. The van der Waals surface area contributed by atoms with Gasteiger partial charge in [0.15, 0.2) is 5.11 Å². The number of aryl methyl sites for hydroxylation is 1. The van der Waals surface area contributed by atoms with E-state index in [2.05, 4.69) is 51.7 Å². The van der Waals surface area contributed by atoms with Crippen molar-refractivity contribution in [2.45, 2.75) is 20.8 Å². The number of non-ortho nitro benzene ring substituents is 1. The number of nitro groups is 1. The Morgan fingerprint density at radius 2 is 1.71 bits per heavy atom. The molecule has 12 nitrogen and oxygen atoms in total. The third kappa shape index (κ3) is 6.16. The van der Waals surface area contributed by atoms with Gasteiger partial charge in [-0.2, -0.15) is 4.80 Å². The van der Waals surface area contributed by atoms with Gasteiger partial charge < -0.3 is 19.9 Å². The Bertz CT molecular complexity index is 1630. The molecule has 4 aromatic rings. The van der Waals surface area contributed by atoms with Crippen molar-refractivity contribution in [3.63, 3.8) is 0 Å². The molecule has 2 N–H and O–H groups in total. The van der Waals surface area contributed by atoms with Crippen LogP contribution in [0.2, 0.25) is 0 Å². The Balaban J connectivity index is 1.33. The van der Waals surface area contributed by atoms with Crippen molar-refractivity contribution in [2.24, 2.45) is 0 Å². The van der Waals surface area contributed by atoms with Crippen LogP contribution in [0, 0.1) is 17.0 Å². The predicted molar refractivity (Wildman–Crippen MR) is 167 cm³/mol. The first kappa shape index (κ1) is 28.9. The van der Waals surface area contributed by atoms with Gasteiger partial charge in [-0.15, -0.1) is 10.2 Å². The fraction of sp³-hybridized carbons (Fsp3) is 0.310. The van der Waals surface area contributed by atoms with Gasteiger partial charge in [-0.25, -0.2) is 0 Å². The van der Waals surface area contributed by atoms with E-state index in [1.807, 2.05) is 36.1 Å². The number of aromatic nitrogens is 3. The van der Waals surface area contributed by atoms with Gasteiger partial charge in [0.1, 0.15) is 11.0 Å². The molecule has 0 spiro atoms. The summed E-state index contributed by atoms with van der Waals surface area (Å²) in [5.74, 6) is -0.546. The molecule has 42 heavy (non-hydrogen) atoms. The number of rotatable bonds is 8. The van der Waals surface area contributed by atoms with Crippen molar-refractivity contribution in [3.05, 3.63) is 75.8 Å². The summed E-state index contributed by atoms with van der Waals surface area (Å²) in [7, 11) is 0. The summed E-state index contributed by atoms with van der Waals surface area (Å²) < 4.78 is 5.41. The maximum Gasteiger partial charge on any atom is 0.270 e. The quantitative estimate of drug-likeness (QED) is 0.173. The van der Waals surface area contributed by atoms with E-state index in [1.165, 1.54) is 12.1 Å². The second-order valence-electron chi connectivity index (χ2n) is 9.80. The van der Waals surface area contributed by atoms with Crippen LogP contribution in [0.3, 0.4) is 0 Å². The van der Waals surface area contributed by atoms with Gasteiger partial charge >= 0.3 is 0 Å². The molecule has 0 bridgehead atoms. The van der Waals surface area contributed by atoms with Gasteiger partial charge in [-0.05, 0) is 81.0 Å². The molecule has 1 fully saturated rings. The number of nitro benzene ring substituents is 1. The predicted octanol–water partition coefficient (Wildman–Crippen LogP) is 4.45. The van der Waals surface area contributed by atoms with E-state index in [-0.39, 0.29) is 16.4 Å². The molecule has 0 saturated carbocycles. The molecule has 13 heteroatoms. The Hall–Kier alpha value is -4.62. The summed E-state index contributed by atoms with van der Waals surface area (Å²) >= 11 is 5.46. The molecule has 1 amide bonds. The van der Waals surface area contributed by atoms with Crippen LogP contribution in [0.25, 0.3) is 16.7 Å². The Morgan fingerprint density at radius 3 is 2.36 bits per heavy atom. The number of benzene rings is 3. The van der Waals surface area contributed by atoms with Gasteiger partial charge in [0, 0.05) is 49.7 Å². The lowest BCUT2D eigenvalue weighted by molar-refractivity contribution is -0.384. The number of hydrogen-bond acceptors (Lipinski definition) is 9. The lowest BCUT2D eigenvalue weighted by atomic mass is 10.1. The second kappa shape index (κ2) is 12.5. The number of morpholine rings is 1. The Morgan fingerprint density at radius 1 is 1.05 bits per heavy atom. The molecule has 0 radical (unpaired) electrons. The largest absolute Gasteiger partial charge is 0.378 e. The number of nitrogens with one attached hydrogen (secondary N) is 2. The summed E-state index contributed by atoms with van der Waals surface area (Å²) in [6.45, 7) is 10.2. The summed E-state index contributed by atoms with van der Waals surface area (Å²) in [6.07, 6.45) is 0. The number of anilines is 3. The minimum absolute atomic E-state index is 0.0567. The van der Waals surface area contributed by atoms with E-state index >= 15 is 0 Å². The van der Waals surface area contributed by atoms with Gasteiger partial charge in [-0.1, -0.05) is 0 Å². The Kier molecular flexibility index (Phi) is 8.59. The summed E-state index contributed by atoms with van der Waals surface area (Å²) in [5.41, 5.74) is 5.43. The number of ether oxygens (including phenoxy) is 1.